The Morgan fingerprint density at radius 2 is 1.95 bits per heavy atom. The first-order valence-corrected chi connectivity index (χ1v) is 8.47. The minimum Gasteiger partial charge on any atom is -0.312 e. The monoisotopic (exact) mass is 338 g/mol. The van der Waals surface area contributed by atoms with Gasteiger partial charge in [-0.25, -0.2) is 0 Å². The number of rotatable bonds is 4. The van der Waals surface area contributed by atoms with Crippen LogP contribution in [0, 0.1) is 5.92 Å². The first kappa shape index (κ1) is 16.0. The first-order valence-electron chi connectivity index (χ1n) is 7.67. The molecule has 3 unspecified atom stereocenters. The average molecular weight is 339 g/mol. The van der Waals surface area contributed by atoms with Gasteiger partial charge in [-0.15, -0.1) is 0 Å². The van der Waals surface area contributed by atoms with Crippen LogP contribution in [0.1, 0.15) is 38.7 Å². The largest absolute Gasteiger partial charge is 0.312 e. The van der Waals surface area contributed by atoms with E-state index < -0.39 is 0 Å². The van der Waals surface area contributed by atoms with Crippen molar-refractivity contribution in [3.8, 4) is 0 Å². The van der Waals surface area contributed by atoms with Crippen LogP contribution < -0.4 is 5.32 Å². The zero-order valence-corrected chi connectivity index (χ0v) is 14.7. The summed E-state index contributed by atoms with van der Waals surface area (Å²) < 4.78 is 1.15. The average Bonchev–Trinajstić information content (AvgIpc) is 2.40. The number of nitrogens with one attached hydrogen (secondary N) is 1. The molecular formula is C17H27BrN2. The second-order valence-electron chi connectivity index (χ2n) is 6.32. The van der Waals surface area contributed by atoms with E-state index in [1.807, 2.05) is 0 Å². The molecule has 0 spiro atoms. The summed E-state index contributed by atoms with van der Waals surface area (Å²) in [6.07, 6.45) is 3.78. The predicted octanol–water partition coefficient (Wildman–Crippen LogP) is 4.00. The molecule has 2 nitrogen and oxygen atoms in total. The smallest absolute Gasteiger partial charge is 0.0610 e. The van der Waals surface area contributed by atoms with Crippen LogP contribution in [0.2, 0.25) is 0 Å². The molecule has 0 amide bonds. The highest BCUT2D eigenvalue weighted by atomic mass is 79.9. The van der Waals surface area contributed by atoms with Crippen molar-refractivity contribution in [1.82, 2.24) is 10.2 Å². The van der Waals surface area contributed by atoms with Gasteiger partial charge >= 0.3 is 0 Å². The lowest BCUT2D eigenvalue weighted by Crippen LogP contribution is -2.59. The van der Waals surface area contributed by atoms with Crippen LogP contribution in [0.15, 0.2) is 28.7 Å². The molecular weight excluding hydrogens is 312 g/mol. The molecule has 0 heterocycles. The summed E-state index contributed by atoms with van der Waals surface area (Å²) in [5.74, 6) is 0.808. The molecule has 2 rings (SSSR count). The molecule has 1 aromatic carbocycles. The Morgan fingerprint density at radius 1 is 1.30 bits per heavy atom. The van der Waals surface area contributed by atoms with Gasteiger partial charge in [0, 0.05) is 10.5 Å². The summed E-state index contributed by atoms with van der Waals surface area (Å²) >= 11 is 3.55. The van der Waals surface area contributed by atoms with Crippen molar-refractivity contribution in [1.29, 1.82) is 0 Å². The van der Waals surface area contributed by atoms with E-state index in [1.54, 1.807) is 0 Å². The SMILES string of the molecule is CCNC1CC(C)CCC1(c1ccc(Br)cc1)N(C)C. The molecule has 0 saturated heterocycles. The van der Waals surface area contributed by atoms with E-state index in [4.69, 9.17) is 0 Å². The molecule has 3 atom stereocenters. The van der Waals surface area contributed by atoms with Crippen LogP contribution in [-0.4, -0.2) is 31.6 Å². The molecule has 1 N–H and O–H groups in total. The second-order valence-corrected chi connectivity index (χ2v) is 7.23. The topological polar surface area (TPSA) is 15.3 Å². The van der Waals surface area contributed by atoms with E-state index in [1.165, 1.54) is 24.8 Å². The number of likely N-dealkylation sites (N-methyl/N-ethyl adjacent to an activating group) is 2. The van der Waals surface area contributed by atoms with Crippen LogP contribution in [-0.2, 0) is 5.54 Å². The number of benzene rings is 1. The number of nitrogens with zero attached hydrogens (tertiary/aromatic N) is 1. The predicted molar refractivity (Wildman–Crippen MR) is 90.0 cm³/mol. The molecule has 1 aliphatic rings. The summed E-state index contributed by atoms with van der Waals surface area (Å²) in [7, 11) is 4.45. The molecule has 1 aliphatic carbocycles. The number of halogens is 1. The van der Waals surface area contributed by atoms with Crippen LogP contribution in [0.4, 0.5) is 0 Å². The van der Waals surface area contributed by atoms with Gasteiger partial charge in [-0.3, -0.25) is 4.90 Å². The van der Waals surface area contributed by atoms with Gasteiger partial charge in [-0.1, -0.05) is 41.9 Å². The molecule has 112 valence electrons. The van der Waals surface area contributed by atoms with Gasteiger partial charge < -0.3 is 5.32 Å². The summed E-state index contributed by atoms with van der Waals surface area (Å²) in [6, 6.07) is 9.42. The summed E-state index contributed by atoms with van der Waals surface area (Å²) in [5.41, 5.74) is 1.55. The summed E-state index contributed by atoms with van der Waals surface area (Å²) in [5, 5.41) is 3.75. The highest BCUT2D eigenvalue weighted by Gasteiger charge is 2.45. The molecule has 0 aliphatic heterocycles. The van der Waals surface area contributed by atoms with Gasteiger partial charge in [0.05, 0.1) is 5.54 Å². The van der Waals surface area contributed by atoms with E-state index in [2.05, 4.69) is 78.4 Å². The van der Waals surface area contributed by atoms with E-state index in [0.717, 1.165) is 16.9 Å². The normalized spacial score (nSPS) is 30.7. The van der Waals surface area contributed by atoms with Crippen molar-refractivity contribution in [3.63, 3.8) is 0 Å². The zero-order chi connectivity index (χ0) is 14.8. The third-order valence-electron chi connectivity index (χ3n) is 4.83. The lowest BCUT2D eigenvalue weighted by atomic mass is 9.69. The fourth-order valence-electron chi connectivity index (χ4n) is 3.73. The maximum atomic E-state index is 3.75. The van der Waals surface area contributed by atoms with Gasteiger partial charge in [-0.2, -0.15) is 0 Å². The zero-order valence-electron chi connectivity index (χ0n) is 13.1. The molecule has 3 heteroatoms. The lowest BCUT2D eigenvalue weighted by molar-refractivity contribution is 0.0409. The molecule has 20 heavy (non-hydrogen) atoms. The van der Waals surface area contributed by atoms with Crippen molar-refractivity contribution >= 4 is 15.9 Å². The molecule has 0 aromatic heterocycles. The van der Waals surface area contributed by atoms with Crippen molar-refractivity contribution in [3.05, 3.63) is 34.3 Å². The third kappa shape index (κ3) is 2.95. The molecule has 1 aromatic rings. The second kappa shape index (κ2) is 6.59. The quantitative estimate of drug-likeness (QED) is 0.892. The standard InChI is InChI=1S/C17H27BrN2/c1-5-19-16-12-13(2)10-11-17(16,20(3)4)14-6-8-15(18)9-7-14/h6-9,13,16,19H,5,10-12H2,1-4H3. The molecule has 0 bridgehead atoms. The Hall–Kier alpha value is -0.380. The van der Waals surface area contributed by atoms with Crippen molar-refractivity contribution in [2.75, 3.05) is 20.6 Å². The van der Waals surface area contributed by atoms with Crippen molar-refractivity contribution in [2.24, 2.45) is 5.92 Å². The Kier molecular flexibility index (Phi) is 5.27. The fourth-order valence-corrected chi connectivity index (χ4v) is 4.00. The number of hydrogen-bond acceptors (Lipinski definition) is 2. The van der Waals surface area contributed by atoms with Crippen LogP contribution in [0.3, 0.4) is 0 Å². The van der Waals surface area contributed by atoms with Gasteiger partial charge in [0.2, 0.25) is 0 Å². The fraction of sp³-hybridized carbons (Fsp3) is 0.647. The highest BCUT2D eigenvalue weighted by Crippen LogP contribution is 2.43. The van der Waals surface area contributed by atoms with Crippen LogP contribution >= 0.6 is 15.9 Å². The Bertz CT molecular complexity index is 429. The van der Waals surface area contributed by atoms with E-state index >= 15 is 0 Å². The minimum atomic E-state index is 0.114. The maximum absolute atomic E-state index is 3.75. The van der Waals surface area contributed by atoms with Crippen molar-refractivity contribution < 1.29 is 0 Å². The van der Waals surface area contributed by atoms with Gasteiger partial charge in [-0.05, 0) is 63.5 Å². The highest BCUT2D eigenvalue weighted by molar-refractivity contribution is 9.10. The van der Waals surface area contributed by atoms with Crippen LogP contribution in [0.25, 0.3) is 0 Å². The van der Waals surface area contributed by atoms with Gasteiger partial charge in [0.15, 0.2) is 0 Å². The Balaban J connectivity index is 2.43. The van der Waals surface area contributed by atoms with Crippen LogP contribution in [0.5, 0.6) is 0 Å². The lowest BCUT2D eigenvalue weighted by Gasteiger charge is -2.51. The van der Waals surface area contributed by atoms with Gasteiger partial charge in [0.25, 0.3) is 0 Å². The molecule has 1 fully saturated rings. The summed E-state index contributed by atoms with van der Waals surface area (Å²) in [4.78, 5) is 2.43. The maximum Gasteiger partial charge on any atom is 0.0610 e. The third-order valence-corrected chi connectivity index (χ3v) is 5.35. The van der Waals surface area contributed by atoms with E-state index in [9.17, 15) is 0 Å². The minimum absolute atomic E-state index is 0.114. The molecule has 1 saturated carbocycles. The Morgan fingerprint density at radius 3 is 2.50 bits per heavy atom. The van der Waals surface area contributed by atoms with Crippen molar-refractivity contribution in [2.45, 2.75) is 44.7 Å². The number of hydrogen-bond donors (Lipinski definition) is 1. The van der Waals surface area contributed by atoms with E-state index in [-0.39, 0.29) is 5.54 Å². The van der Waals surface area contributed by atoms with E-state index in [0.29, 0.717) is 6.04 Å². The summed E-state index contributed by atoms with van der Waals surface area (Å²) in [6.45, 7) is 5.62. The molecule has 0 radical (unpaired) electrons. The Labute approximate surface area is 132 Å². The first-order chi connectivity index (χ1) is 9.50. The van der Waals surface area contributed by atoms with Gasteiger partial charge in [0.1, 0.15) is 0 Å².